The van der Waals surface area contributed by atoms with Gasteiger partial charge in [-0.15, -0.1) is 0 Å². The highest BCUT2D eigenvalue weighted by Gasteiger charge is 2.19. The molecular formula is C16H25FN2O2. The molecule has 0 bridgehead atoms. The van der Waals surface area contributed by atoms with Gasteiger partial charge in [0.25, 0.3) is 0 Å². The van der Waals surface area contributed by atoms with Crippen LogP contribution < -0.4 is 10.5 Å². The van der Waals surface area contributed by atoms with Gasteiger partial charge in [0.05, 0.1) is 6.61 Å². The van der Waals surface area contributed by atoms with E-state index in [9.17, 15) is 4.39 Å². The highest BCUT2D eigenvalue weighted by atomic mass is 19.1. The summed E-state index contributed by atoms with van der Waals surface area (Å²) < 4.78 is 25.2. The highest BCUT2D eigenvalue weighted by molar-refractivity contribution is 5.29. The molecule has 2 N–H and O–H groups in total. The normalized spacial score (nSPS) is 21.2. The van der Waals surface area contributed by atoms with Gasteiger partial charge in [0, 0.05) is 19.1 Å². The van der Waals surface area contributed by atoms with Crippen molar-refractivity contribution in [3.05, 3.63) is 29.6 Å². The number of halogens is 1. The van der Waals surface area contributed by atoms with Gasteiger partial charge in [-0.1, -0.05) is 13.0 Å². The van der Waals surface area contributed by atoms with Crippen molar-refractivity contribution < 1.29 is 13.9 Å². The highest BCUT2D eigenvalue weighted by Crippen LogP contribution is 2.20. The largest absolute Gasteiger partial charge is 0.488 e. The average molecular weight is 296 g/mol. The number of hydrogen-bond acceptors (Lipinski definition) is 4. The van der Waals surface area contributed by atoms with Gasteiger partial charge < -0.3 is 20.1 Å². The van der Waals surface area contributed by atoms with E-state index in [1.807, 2.05) is 20.0 Å². The molecule has 0 amide bonds. The Hall–Kier alpha value is -1.17. The van der Waals surface area contributed by atoms with Gasteiger partial charge >= 0.3 is 0 Å². The van der Waals surface area contributed by atoms with Crippen LogP contribution in [0, 0.1) is 5.82 Å². The van der Waals surface area contributed by atoms with Crippen LogP contribution in [0.5, 0.6) is 5.75 Å². The Morgan fingerprint density at radius 2 is 2.33 bits per heavy atom. The van der Waals surface area contributed by atoms with E-state index in [4.69, 9.17) is 15.2 Å². The fourth-order valence-corrected chi connectivity index (χ4v) is 2.39. The predicted octanol–water partition coefficient (Wildman–Crippen LogP) is 1.81. The molecule has 0 radical (unpaired) electrons. The summed E-state index contributed by atoms with van der Waals surface area (Å²) in [6, 6.07) is 5.14. The summed E-state index contributed by atoms with van der Waals surface area (Å²) in [7, 11) is 2.04. The molecule has 4 nitrogen and oxygen atoms in total. The van der Waals surface area contributed by atoms with Crippen molar-refractivity contribution in [1.82, 2.24) is 4.90 Å². The van der Waals surface area contributed by atoms with Crippen LogP contribution in [0.1, 0.15) is 18.9 Å². The molecule has 1 aromatic rings. The van der Waals surface area contributed by atoms with E-state index >= 15 is 0 Å². The standard InChI is InChI=1S/C16H25FN2O2/c1-3-13(18)8-12-4-5-16(15(17)9-12)21-11-14-10-19(2)6-7-20-14/h4-5,9,13-14H,3,6-8,10-11,18H2,1-2H3. The fraction of sp³-hybridized carbons (Fsp3) is 0.625. The van der Waals surface area contributed by atoms with E-state index in [1.165, 1.54) is 6.07 Å². The molecule has 2 unspecified atom stereocenters. The van der Waals surface area contributed by atoms with Crippen molar-refractivity contribution in [3.8, 4) is 5.75 Å². The van der Waals surface area contributed by atoms with E-state index in [0.29, 0.717) is 19.6 Å². The number of ether oxygens (including phenoxy) is 2. The minimum atomic E-state index is -0.333. The van der Waals surface area contributed by atoms with Crippen molar-refractivity contribution in [2.75, 3.05) is 33.4 Å². The van der Waals surface area contributed by atoms with Crippen molar-refractivity contribution >= 4 is 0 Å². The summed E-state index contributed by atoms with van der Waals surface area (Å²) in [5, 5.41) is 0. The summed E-state index contributed by atoms with van der Waals surface area (Å²) in [5.74, 6) is -0.0550. The Labute approximate surface area is 126 Å². The number of nitrogens with two attached hydrogens (primary N) is 1. The lowest BCUT2D eigenvalue weighted by molar-refractivity contribution is -0.0408. The molecule has 21 heavy (non-hydrogen) atoms. The Morgan fingerprint density at radius 3 is 3.00 bits per heavy atom. The number of likely N-dealkylation sites (N-methyl/N-ethyl adjacent to an activating group) is 1. The fourth-order valence-electron chi connectivity index (χ4n) is 2.39. The van der Waals surface area contributed by atoms with Crippen LogP contribution in [-0.2, 0) is 11.2 Å². The first-order valence-corrected chi connectivity index (χ1v) is 7.55. The molecule has 1 heterocycles. The molecule has 1 saturated heterocycles. The number of hydrogen-bond donors (Lipinski definition) is 1. The van der Waals surface area contributed by atoms with Crippen molar-refractivity contribution in [3.63, 3.8) is 0 Å². The maximum Gasteiger partial charge on any atom is 0.165 e. The maximum atomic E-state index is 14.0. The molecule has 1 aliphatic rings. The van der Waals surface area contributed by atoms with Gasteiger partial charge in [0.2, 0.25) is 0 Å². The second kappa shape index (κ2) is 7.73. The molecule has 1 fully saturated rings. The van der Waals surface area contributed by atoms with Gasteiger partial charge in [-0.05, 0) is 37.6 Å². The summed E-state index contributed by atoms with van der Waals surface area (Å²) in [4.78, 5) is 2.18. The zero-order valence-corrected chi connectivity index (χ0v) is 12.8. The van der Waals surface area contributed by atoms with Crippen LogP contribution in [-0.4, -0.2) is 50.4 Å². The molecule has 0 aromatic heterocycles. The molecule has 2 atom stereocenters. The monoisotopic (exact) mass is 296 g/mol. The minimum Gasteiger partial charge on any atom is -0.488 e. The van der Waals surface area contributed by atoms with Crippen LogP contribution in [0.3, 0.4) is 0 Å². The molecule has 5 heteroatoms. The van der Waals surface area contributed by atoms with Gasteiger partial charge in [-0.2, -0.15) is 0 Å². The lowest BCUT2D eigenvalue weighted by atomic mass is 10.0. The smallest absolute Gasteiger partial charge is 0.165 e. The SMILES string of the molecule is CCC(N)Cc1ccc(OCC2CN(C)CCO2)c(F)c1. The molecule has 0 saturated carbocycles. The zero-order chi connectivity index (χ0) is 15.2. The van der Waals surface area contributed by atoms with Crippen LogP contribution in [0.15, 0.2) is 18.2 Å². The van der Waals surface area contributed by atoms with Gasteiger partial charge in [-0.25, -0.2) is 4.39 Å². The molecule has 0 spiro atoms. The van der Waals surface area contributed by atoms with E-state index in [2.05, 4.69) is 4.90 Å². The van der Waals surface area contributed by atoms with E-state index in [-0.39, 0.29) is 23.7 Å². The van der Waals surface area contributed by atoms with Gasteiger partial charge in [0.1, 0.15) is 12.7 Å². The Morgan fingerprint density at radius 1 is 1.52 bits per heavy atom. The molecule has 1 aromatic carbocycles. The molecule has 0 aliphatic carbocycles. The van der Waals surface area contributed by atoms with Crippen molar-refractivity contribution in [1.29, 1.82) is 0 Å². The Balaban J connectivity index is 1.88. The summed E-state index contributed by atoms with van der Waals surface area (Å²) in [5.41, 5.74) is 6.79. The van der Waals surface area contributed by atoms with Crippen LogP contribution in [0.2, 0.25) is 0 Å². The third kappa shape index (κ3) is 4.95. The summed E-state index contributed by atoms with van der Waals surface area (Å²) in [6.07, 6.45) is 1.56. The van der Waals surface area contributed by atoms with Gasteiger partial charge in [-0.3, -0.25) is 0 Å². The van der Waals surface area contributed by atoms with Crippen LogP contribution in [0.25, 0.3) is 0 Å². The average Bonchev–Trinajstić information content (AvgIpc) is 2.46. The van der Waals surface area contributed by atoms with Crippen molar-refractivity contribution in [2.24, 2.45) is 5.73 Å². The topological polar surface area (TPSA) is 47.7 Å². The van der Waals surface area contributed by atoms with Gasteiger partial charge in [0.15, 0.2) is 11.6 Å². The van der Waals surface area contributed by atoms with Crippen molar-refractivity contribution in [2.45, 2.75) is 31.9 Å². The van der Waals surface area contributed by atoms with E-state index in [0.717, 1.165) is 25.1 Å². The number of morpholine rings is 1. The second-order valence-corrected chi connectivity index (χ2v) is 5.70. The number of rotatable bonds is 6. The Bertz CT molecular complexity index is 456. The predicted molar refractivity (Wildman–Crippen MR) is 81.1 cm³/mol. The van der Waals surface area contributed by atoms with Crippen LogP contribution in [0.4, 0.5) is 4.39 Å². The lowest BCUT2D eigenvalue weighted by Gasteiger charge is -2.29. The molecule has 1 aliphatic heterocycles. The molecular weight excluding hydrogens is 271 g/mol. The van der Waals surface area contributed by atoms with E-state index in [1.54, 1.807) is 6.07 Å². The van der Waals surface area contributed by atoms with E-state index < -0.39 is 0 Å². The first kappa shape index (κ1) is 16.2. The first-order valence-electron chi connectivity index (χ1n) is 7.55. The quantitative estimate of drug-likeness (QED) is 0.870. The third-order valence-electron chi connectivity index (χ3n) is 3.79. The third-order valence-corrected chi connectivity index (χ3v) is 3.79. The summed E-state index contributed by atoms with van der Waals surface area (Å²) >= 11 is 0. The Kier molecular flexibility index (Phi) is 5.96. The number of nitrogens with zero attached hydrogens (tertiary/aromatic N) is 1. The molecule has 118 valence electrons. The minimum absolute atomic E-state index is 0.00339. The second-order valence-electron chi connectivity index (χ2n) is 5.70. The first-order chi connectivity index (χ1) is 10.1. The zero-order valence-electron chi connectivity index (χ0n) is 12.8. The summed E-state index contributed by atoms with van der Waals surface area (Å²) in [6.45, 7) is 4.83. The lowest BCUT2D eigenvalue weighted by Crippen LogP contribution is -2.42. The molecule has 2 rings (SSSR count). The van der Waals surface area contributed by atoms with Crippen LogP contribution >= 0.6 is 0 Å². The maximum absolute atomic E-state index is 14.0. The number of benzene rings is 1.